The van der Waals surface area contributed by atoms with Crippen LogP contribution in [-0.2, 0) is 19.6 Å². The van der Waals surface area contributed by atoms with Crippen LogP contribution in [0, 0.1) is 0 Å². The lowest BCUT2D eigenvalue weighted by atomic mass is 10.0. The zero-order valence-electron chi connectivity index (χ0n) is 13.5. The Balaban J connectivity index is 2.09. The fourth-order valence-electron chi connectivity index (χ4n) is 2.43. The SMILES string of the molecule is CNS(=O)(=O)c1ccc(C(C)NC(=O)C2=C(C)OCCC2)cc1. The monoisotopic (exact) mass is 338 g/mol. The Morgan fingerprint density at radius 3 is 2.48 bits per heavy atom. The first kappa shape index (κ1) is 17.5. The summed E-state index contributed by atoms with van der Waals surface area (Å²) in [7, 11) is -2.08. The molecular formula is C16H22N2O4S. The molecule has 1 amide bonds. The van der Waals surface area contributed by atoms with Crippen molar-refractivity contribution in [3.05, 3.63) is 41.2 Å². The van der Waals surface area contributed by atoms with Crippen LogP contribution in [0.5, 0.6) is 0 Å². The molecule has 1 aliphatic rings. The number of sulfonamides is 1. The summed E-state index contributed by atoms with van der Waals surface area (Å²) in [4.78, 5) is 12.5. The number of carbonyl (C=O) groups excluding carboxylic acids is 1. The van der Waals surface area contributed by atoms with E-state index in [0.29, 0.717) is 24.4 Å². The van der Waals surface area contributed by atoms with Gasteiger partial charge in [-0.3, -0.25) is 4.79 Å². The molecule has 0 radical (unpaired) electrons. The van der Waals surface area contributed by atoms with Crippen molar-refractivity contribution in [2.24, 2.45) is 0 Å². The molecule has 1 heterocycles. The minimum absolute atomic E-state index is 0.137. The quantitative estimate of drug-likeness (QED) is 0.858. The first-order valence-corrected chi connectivity index (χ1v) is 9.00. The lowest BCUT2D eigenvalue weighted by molar-refractivity contribution is -0.118. The molecule has 2 rings (SSSR count). The molecule has 6 nitrogen and oxygen atoms in total. The van der Waals surface area contributed by atoms with Gasteiger partial charge in [-0.2, -0.15) is 0 Å². The predicted octanol–water partition coefficient (Wildman–Crippen LogP) is 1.86. The van der Waals surface area contributed by atoms with E-state index in [4.69, 9.17) is 4.74 Å². The highest BCUT2D eigenvalue weighted by molar-refractivity contribution is 7.89. The maximum absolute atomic E-state index is 12.3. The van der Waals surface area contributed by atoms with Crippen molar-refractivity contribution in [3.63, 3.8) is 0 Å². The molecule has 23 heavy (non-hydrogen) atoms. The summed E-state index contributed by atoms with van der Waals surface area (Å²) >= 11 is 0. The molecule has 1 aromatic rings. The van der Waals surface area contributed by atoms with Crippen LogP contribution in [0.3, 0.4) is 0 Å². The van der Waals surface area contributed by atoms with Gasteiger partial charge in [0, 0.05) is 0 Å². The third-order valence-corrected chi connectivity index (χ3v) is 5.33. The first-order chi connectivity index (χ1) is 10.8. The summed E-state index contributed by atoms with van der Waals surface area (Å²) in [6.07, 6.45) is 1.55. The summed E-state index contributed by atoms with van der Waals surface area (Å²) in [5.74, 6) is 0.540. The van der Waals surface area contributed by atoms with Crippen LogP contribution >= 0.6 is 0 Å². The minimum atomic E-state index is -3.45. The molecule has 1 unspecified atom stereocenters. The Kier molecular flexibility index (Phi) is 5.43. The van der Waals surface area contributed by atoms with Gasteiger partial charge in [-0.25, -0.2) is 13.1 Å². The van der Waals surface area contributed by atoms with E-state index in [1.807, 2.05) is 6.92 Å². The highest BCUT2D eigenvalue weighted by Gasteiger charge is 2.20. The van der Waals surface area contributed by atoms with Crippen LogP contribution in [0.4, 0.5) is 0 Å². The summed E-state index contributed by atoms with van der Waals surface area (Å²) < 4.78 is 31.1. The van der Waals surface area contributed by atoms with Gasteiger partial charge in [0.15, 0.2) is 0 Å². The number of hydrogen-bond acceptors (Lipinski definition) is 4. The van der Waals surface area contributed by atoms with Crippen LogP contribution in [0.25, 0.3) is 0 Å². The Labute approximate surface area is 137 Å². The maximum Gasteiger partial charge on any atom is 0.251 e. The van der Waals surface area contributed by atoms with Crippen LogP contribution in [-0.4, -0.2) is 28.0 Å². The van der Waals surface area contributed by atoms with Crippen molar-refractivity contribution in [2.45, 2.75) is 37.6 Å². The highest BCUT2D eigenvalue weighted by Crippen LogP contribution is 2.21. The topological polar surface area (TPSA) is 84.5 Å². The first-order valence-electron chi connectivity index (χ1n) is 7.52. The van der Waals surface area contributed by atoms with Gasteiger partial charge in [0.2, 0.25) is 10.0 Å². The molecule has 7 heteroatoms. The second-order valence-corrected chi connectivity index (χ2v) is 7.35. The molecule has 0 saturated carbocycles. The zero-order chi connectivity index (χ0) is 17.0. The Hall–Kier alpha value is -1.86. The van der Waals surface area contributed by atoms with Crippen molar-refractivity contribution in [1.29, 1.82) is 0 Å². The van der Waals surface area contributed by atoms with Crippen molar-refractivity contribution >= 4 is 15.9 Å². The number of amides is 1. The van der Waals surface area contributed by atoms with Gasteiger partial charge < -0.3 is 10.1 Å². The van der Waals surface area contributed by atoms with Crippen molar-refractivity contribution in [2.75, 3.05) is 13.7 Å². The van der Waals surface area contributed by atoms with E-state index in [1.165, 1.54) is 19.2 Å². The van der Waals surface area contributed by atoms with E-state index >= 15 is 0 Å². The molecule has 0 spiro atoms. The number of hydrogen-bond donors (Lipinski definition) is 2. The molecule has 0 fully saturated rings. The average Bonchev–Trinajstić information content (AvgIpc) is 2.55. The van der Waals surface area contributed by atoms with Crippen molar-refractivity contribution < 1.29 is 17.9 Å². The molecule has 2 N–H and O–H groups in total. The number of allylic oxidation sites excluding steroid dienone is 1. The number of carbonyl (C=O) groups is 1. The average molecular weight is 338 g/mol. The van der Waals surface area contributed by atoms with E-state index in [2.05, 4.69) is 10.0 Å². The standard InChI is InChI=1S/C16H22N2O4S/c1-11(18-16(19)15-5-4-10-22-12(15)2)13-6-8-14(9-7-13)23(20,21)17-3/h6-9,11,17H,4-5,10H2,1-3H3,(H,18,19). The predicted molar refractivity (Wildman–Crippen MR) is 87.1 cm³/mol. The molecule has 0 aliphatic carbocycles. The molecule has 126 valence electrons. The molecule has 0 bridgehead atoms. The number of ether oxygens (including phenoxy) is 1. The smallest absolute Gasteiger partial charge is 0.251 e. The van der Waals surface area contributed by atoms with E-state index in [-0.39, 0.29) is 16.8 Å². The minimum Gasteiger partial charge on any atom is -0.498 e. The second kappa shape index (κ2) is 7.14. The van der Waals surface area contributed by atoms with E-state index in [9.17, 15) is 13.2 Å². The summed E-state index contributed by atoms with van der Waals surface area (Å²) in [5.41, 5.74) is 1.51. The fraction of sp³-hybridized carbons (Fsp3) is 0.438. The Bertz CT molecular complexity index is 708. The Morgan fingerprint density at radius 2 is 1.91 bits per heavy atom. The summed E-state index contributed by atoms with van der Waals surface area (Å²) in [5, 5.41) is 2.93. The van der Waals surface area contributed by atoms with Gasteiger partial charge >= 0.3 is 0 Å². The second-order valence-electron chi connectivity index (χ2n) is 5.46. The van der Waals surface area contributed by atoms with E-state index < -0.39 is 10.0 Å². The van der Waals surface area contributed by atoms with Crippen molar-refractivity contribution in [1.82, 2.24) is 10.0 Å². The normalized spacial score (nSPS) is 16.7. The van der Waals surface area contributed by atoms with Gasteiger partial charge in [-0.1, -0.05) is 12.1 Å². The van der Waals surface area contributed by atoms with Crippen LogP contribution in [0.2, 0.25) is 0 Å². The molecule has 1 aliphatic heterocycles. The summed E-state index contributed by atoms with van der Waals surface area (Å²) in [6.45, 7) is 4.31. The highest BCUT2D eigenvalue weighted by atomic mass is 32.2. The van der Waals surface area contributed by atoms with Gasteiger partial charge in [0.05, 0.1) is 23.1 Å². The van der Waals surface area contributed by atoms with Crippen LogP contribution in [0.15, 0.2) is 40.5 Å². The molecule has 0 saturated heterocycles. The van der Waals surface area contributed by atoms with Gasteiger partial charge in [0.25, 0.3) is 5.91 Å². The molecule has 1 atom stereocenters. The fourth-order valence-corrected chi connectivity index (χ4v) is 3.16. The third-order valence-electron chi connectivity index (χ3n) is 3.90. The number of benzene rings is 1. The molecule has 0 aromatic heterocycles. The molecule has 1 aromatic carbocycles. The Morgan fingerprint density at radius 1 is 1.26 bits per heavy atom. The third kappa shape index (κ3) is 4.11. The number of nitrogens with one attached hydrogen (secondary N) is 2. The maximum atomic E-state index is 12.3. The van der Waals surface area contributed by atoms with Gasteiger partial charge in [-0.15, -0.1) is 0 Å². The molecular weight excluding hydrogens is 316 g/mol. The number of rotatable bonds is 5. The van der Waals surface area contributed by atoms with Crippen molar-refractivity contribution in [3.8, 4) is 0 Å². The van der Waals surface area contributed by atoms with E-state index in [1.54, 1.807) is 19.1 Å². The van der Waals surface area contributed by atoms with Gasteiger partial charge in [-0.05, 0) is 51.4 Å². The van der Waals surface area contributed by atoms with Crippen LogP contribution < -0.4 is 10.0 Å². The zero-order valence-corrected chi connectivity index (χ0v) is 14.4. The van der Waals surface area contributed by atoms with Gasteiger partial charge in [0.1, 0.15) is 5.76 Å². The lowest BCUT2D eigenvalue weighted by Gasteiger charge is -2.21. The van der Waals surface area contributed by atoms with Crippen LogP contribution in [0.1, 0.15) is 38.3 Å². The summed E-state index contributed by atoms with van der Waals surface area (Å²) in [6, 6.07) is 6.23. The lowest BCUT2D eigenvalue weighted by Crippen LogP contribution is -2.30. The largest absolute Gasteiger partial charge is 0.498 e. The van der Waals surface area contributed by atoms with E-state index in [0.717, 1.165) is 12.0 Å².